The number of aromatic carboxylic acids is 1. The molecule has 0 aliphatic heterocycles. The van der Waals surface area contributed by atoms with Crippen molar-refractivity contribution in [1.29, 1.82) is 10.5 Å². The lowest BCUT2D eigenvalue weighted by atomic mass is 10.0. The van der Waals surface area contributed by atoms with Gasteiger partial charge in [-0.25, -0.2) is 9.78 Å². The smallest absolute Gasteiger partial charge is 0.335 e. The molecule has 160 valence electrons. The second-order valence-corrected chi connectivity index (χ2v) is 8.65. The molecule has 0 fully saturated rings. The Morgan fingerprint density at radius 3 is 2.44 bits per heavy atom. The lowest BCUT2D eigenvalue weighted by molar-refractivity contribution is -0.115. The summed E-state index contributed by atoms with van der Waals surface area (Å²) in [4.78, 5) is 28.8. The molecular formula is C22H17N5O3S2. The molecular weight excluding hydrogens is 446 g/mol. The van der Waals surface area contributed by atoms with E-state index in [9.17, 15) is 20.1 Å². The second-order valence-electron chi connectivity index (χ2n) is 6.51. The predicted molar refractivity (Wildman–Crippen MR) is 123 cm³/mol. The molecule has 4 N–H and O–H groups in total. The SMILES string of the molecule is CCC(Sc1nc(N)c(C#N)c(-c2cccs2)c1C#N)C(=O)Nc1ccc(C(=O)O)cc1. The minimum absolute atomic E-state index is 0.00285. The first-order chi connectivity index (χ1) is 15.4. The number of rotatable bonds is 7. The number of nitriles is 2. The first-order valence-electron chi connectivity index (χ1n) is 9.38. The van der Waals surface area contributed by atoms with E-state index in [1.54, 1.807) is 6.07 Å². The number of hydrogen-bond donors (Lipinski definition) is 3. The number of pyridine rings is 1. The van der Waals surface area contributed by atoms with Crippen molar-refractivity contribution in [1.82, 2.24) is 4.98 Å². The Bertz CT molecular complexity index is 1240. The van der Waals surface area contributed by atoms with E-state index >= 15 is 0 Å². The lowest BCUT2D eigenvalue weighted by Gasteiger charge is -2.17. The molecule has 0 saturated heterocycles. The topological polar surface area (TPSA) is 153 Å². The number of nitrogens with zero attached hydrogens (tertiary/aromatic N) is 3. The van der Waals surface area contributed by atoms with Crippen molar-refractivity contribution < 1.29 is 14.7 Å². The summed E-state index contributed by atoms with van der Waals surface area (Å²) in [6, 6.07) is 13.6. The van der Waals surface area contributed by atoms with E-state index in [4.69, 9.17) is 10.8 Å². The van der Waals surface area contributed by atoms with Crippen LogP contribution in [-0.4, -0.2) is 27.2 Å². The van der Waals surface area contributed by atoms with E-state index in [-0.39, 0.29) is 33.4 Å². The average Bonchev–Trinajstić information content (AvgIpc) is 3.31. The van der Waals surface area contributed by atoms with Crippen LogP contribution in [0.25, 0.3) is 10.4 Å². The largest absolute Gasteiger partial charge is 0.478 e. The summed E-state index contributed by atoms with van der Waals surface area (Å²) in [5.41, 5.74) is 7.32. The molecule has 0 bridgehead atoms. The number of nitrogens with two attached hydrogens (primary N) is 1. The molecule has 1 unspecified atom stereocenters. The van der Waals surface area contributed by atoms with E-state index < -0.39 is 11.2 Å². The third-order valence-electron chi connectivity index (χ3n) is 4.50. The van der Waals surface area contributed by atoms with Gasteiger partial charge in [-0.2, -0.15) is 10.5 Å². The van der Waals surface area contributed by atoms with Gasteiger partial charge in [0.15, 0.2) is 0 Å². The monoisotopic (exact) mass is 463 g/mol. The first-order valence-corrected chi connectivity index (χ1v) is 11.1. The molecule has 2 aromatic heterocycles. The lowest BCUT2D eigenvalue weighted by Crippen LogP contribution is -2.25. The number of thioether (sulfide) groups is 1. The summed E-state index contributed by atoms with van der Waals surface area (Å²) < 4.78 is 0. The van der Waals surface area contributed by atoms with E-state index in [2.05, 4.69) is 16.4 Å². The fourth-order valence-corrected chi connectivity index (χ4v) is 4.73. The van der Waals surface area contributed by atoms with E-state index in [1.165, 1.54) is 35.6 Å². The maximum absolute atomic E-state index is 12.8. The number of hydrogen-bond acceptors (Lipinski definition) is 8. The highest BCUT2D eigenvalue weighted by Gasteiger charge is 2.26. The van der Waals surface area contributed by atoms with Gasteiger partial charge in [-0.05, 0) is 42.1 Å². The van der Waals surface area contributed by atoms with Crippen LogP contribution >= 0.6 is 23.1 Å². The van der Waals surface area contributed by atoms with E-state index in [1.807, 2.05) is 24.4 Å². The van der Waals surface area contributed by atoms with Crippen LogP contribution in [0.4, 0.5) is 11.5 Å². The zero-order valence-corrected chi connectivity index (χ0v) is 18.5. The van der Waals surface area contributed by atoms with Crippen molar-refractivity contribution in [2.45, 2.75) is 23.6 Å². The Balaban J connectivity index is 1.92. The number of anilines is 2. The third-order valence-corrected chi connectivity index (χ3v) is 6.74. The number of aromatic nitrogens is 1. The number of carbonyl (C=O) groups excluding carboxylic acids is 1. The Hall–Kier alpha value is -3.86. The number of nitrogen functional groups attached to an aromatic ring is 1. The molecule has 1 atom stereocenters. The maximum atomic E-state index is 12.8. The van der Waals surface area contributed by atoms with Crippen LogP contribution < -0.4 is 11.1 Å². The molecule has 3 rings (SSSR count). The number of nitrogens with one attached hydrogen (secondary N) is 1. The molecule has 0 aliphatic carbocycles. The number of carbonyl (C=O) groups is 2. The van der Waals surface area contributed by atoms with Gasteiger partial charge in [0.25, 0.3) is 0 Å². The molecule has 0 aliphatic rings. The van der Waals surface area contributed by atoms with Crippen LogP contribution in [0.5, 0.6) is 0 Å². The highest BCUT2D eigenvalue weighted by molar-refractivity contribution is 8.00. The van der Waals surface area contributed by atoms with Gasteiger partial charge in [-0.1, -0.05) is 24.8 Å². The van der Waals surface area contributed by atoms with Gasteiger partial charge in [0.05, 0.1) is 16.4 Å². The summed E-state index contributed by atoms with van der Waals surface area (Å²) in [6.45, 7) is 1.82. The van der Waals surface area contributed by atoms with Crippen LogP contribution in [-0.2, 0) is 4.79 Å². The van der Waals surface area contributed by atoms with E-state index in [0.29, 0.717) is 22.5 Å². The fourth-order valence-electron chi connectivity index (χ4n) is 2.93. The molecule has 10 heteroatoms. The summed E-state index contributed by atoms with van der Waals surface area (Å²) >= 11 is 2.47. The molecule has 0 radical (unpaired) electrons. The molecule has 1 aromatic carbocycles. The molecule has 8 nitrogen and oxygen atoms in total. The highest BCUT2D eigenvalue weighted by atomic mass is 32.2. The van der Waals surface area contributed by atoms with Crippen LogP contribution in [0.15, 0.2) is 46.8 Å². The number of amides is 1. The van der Waals surface area contributed by atoms with Crippen molar-refractivity contribution in [2.75, 3.05) is 11.1 Å². The summed E-state index contributed by atoms with van der Waals surface area (Å²) in [5.74, 6) is -1.39. The van der Waals surface area contributed by atoms with E-state index in [0.717, 1.165) is 11.8 Å². The van der Waals surface area contributed by atoms with Crippen LogP contribution in [0.2, 0.25) is 0 Å². The Labute approximate surface area is 192 Å². The van der Waals surface area contributed by atoms with Gasteiger partial charge < -0.3 is 16.2 Å². The predicted octanol–water partition coefficient (Wildman–Crippen LogP) is 4.34. The van der Waals surface area contributed by atoms with Crippen molar-refractivity contribution in [3.63, 3.8) is 0 Å². The molecule has 2 heterocycles. The number of benzene rings is 1. The Morgan fingerprint density at radius 2 is 1.91 bits per heavy atom. The number of thiophene rings is 1. The highest BCUT2D eigenvalue weighted by Crippen LogP contribution is 2.39. The van der Waals surface area contributed by atoms with Gasteiger partial charge >= 0.3 is 5.97 Å². The normalized spacial score (nSPS) is 11.2. The average molecular weight is 464 g/mol. The second kappa shape index (κ2) is 9.96. The zero-order chi connectivity index (χ0) is 23.3. The molecule has 32 heavy (non-hydrogen) atoms. The Morgan fingerprint density at radius 1 is 1.22 bits per heavy atom. The van der Waals surface area contributed by atoms with Crippen LogP contribution in [0.1, 0.15) is 34.8 Å². The first kappa shape index (κ1) is 22.8. The maximum Gasteiger partial charge on any atom is 0.335 e. The van der Waals surface area contributed by atoms with Crippen LogP contribution in [0.3, 0.4) is 0 Å². The quantitative estimate of drug-likeness (QED) is 0.437. The van der Waals surface area contributed by atoms with Crippen molar-refractivity contribution in [3.05, 3.63) is 58.5 Å². The van der Waals surface area contributed by atoms with Gasteiger partial charge in [-0.3, -0.25) is 4.79 Å². The number of carboxylic acid groups (broad SMARTS) is 1. The van der Waals surface area contributed by atoms with Crippen molar-refractivity contribution in [2.24, 2.45) is 0 Å². The third kappa shape index (κ3) is 4.72. The standard InChI is InChI=1S/C22H17N5O3S2/c1-2-16(20(28)26-13-7-5-12(6-8-13)22(29)30)32-21-15(11-24)18(17-4-3-9-31-17)14(10-23)19(25)27-21/h3-9,16H,2H2,1H3,(H2,25,27)(H,26,28)(H,29,30). The van der Waals surface area contributed by atoms with Gasteiger partial charge in [0.2, 0.25) is 5.91 Å². The van der Waals surface area contributed by atoms with Crippen LogP contribution in [0, 0.1) is 22.7 Å². The minimum Gasteiger partial charge on any atom is -0.478 e. The molecule has 3 aromatic rings. The molecule has 1 amide bonds. The number of carboxylic acids is 1. The fraction of sp³-hybridized carbons (Fsp3) is 0.136. The molecule has 0 spiro atoms. The molecule has 0 saturated carbocycles. The summed E-state index contributed by atoms with van der Waals surface area (Å²) in [7, 11) is 0. The minimum atomic E-state index is -1.06. The van der Waals surface area contributed by atoms with Crippen molar-refractivity contribution in [3.8, 4) is 22.6 Å². The van der Waals surface area contributed by atoms with Crippen molar-refractivity contribution >= 4 is 46.5 Å². The summed E-state index contributed by atoms with van der Waals surface area (Å²) in [6.07, 6.45) is 0.435. The van der Waals surface area contributed by atoms with Gasteiger partial charge in [0, 0.05) is 16.1 Å². The Kier molecular flexibility index (Phi) is 7.11. The van der Waals surface area contributed by atoms with Gasteiger partial charge in [-0.15, -0.1) is 11.3 Å². The summed E-state index contributed by atoms with van der Waals surface area (Å²) in [5, 5.41) is 32.7. The zero-order valence-electron chi connectivity index (χ0n) is 16.8. The van der Waals surface area contributed by atoms with Gasteiger partial charge in [0.1, 0.15) is 28.5 Å².